The van der Waals surface area contributed by atoms with Crippen LogP contribution in [-0.2, 0) is 4.79 Å². The van der Waals surface area contributed by atoms with Crippen molar-refractivity contribution in [2.24, 2.45) is 0 Å². The number of anilines is 1. The number of H-pyrrole nitrogens is 1. The first kappa shape index (κ1) is 18.7. The van der Waals surface area contributed by atoms with Gasteiger partial charge >= 0.3 is 0 Å². The summed E-state index contributed by atoms with van der Waals surface area (Å²) in [5.41, 5.74) is 2.49. The molecule has 11 heteroatoms. The van der Waals surface area contributed by atoms with Gasteiger partial charge in [0.05, 0.1) is 23.1 Å². The summed E-state index contributed by atoms with van der Waals surface area (Å²) in [6.07, 6.45) is 0. The number of methoxy groups -OCH3 is 1. The summed E-state index contributed by atoms with van der Waals surface area (Å²) in [6, 6.07) is 9.92. The minimum atomic E-state index is -0.353. The number of aromatic amines is 1. The number of carbonyl (C=O) groups excluding carboxylic acids is 1. The molecule has 3 aromatic heterocycles. The number of nitrogens with zero attached hydrogens (tertiary/aromatic N) is 4. The summed E-state index contributed by atoms with van der Waals surface area (Å²) in [5.74, 6) is 0.253. The molecule has 30 heavy (non-hydrogen) atoms. The average molecular weight is 440 g/mol. The molecule has 0 radical (unpaired) electrons. The molecule has 5 rings (SSSR count). The van der Waals surface area contributed by atoms with Crippen LogP contribution >= 0.6 is 23.1 Å². The van der Waals surface area contributed by atoms with E-state index in [0.717, 1.165) is 33.2 Å². The molecular formula is C19H13FN6O2S2. The Morgan fingerprint density at radius 3 is 3.00 bits per heavy atom. The smallest absolute Gasteiger partial charge is 0.236 e. The normalized spacial score (nSPS) is 11.4. The van der Waals surface area contributed by atoms with E-state index in [2.05, 4.69) is 30.5 Å². The summed E-state index contributed by atoms with van der Waals surface area (Å²) >= 11 is 2.53. The Bertz CT molecular complexity index is 1420. The van der Waals surface area contributed by atoms with Gasteiger partial charge in [0.25, 0.3) is 0 Å². The Morgan fingerprint density at radius 1 is 1.23 bits per heavy atom. The van der Waals surface area contributed by atoms with Crippen molar-refractivity contribution >= 4 is 66.4 Å². The zero-order valence-electron chi connectivity index (χ0n) is 15.5. The van der Waals surface area contributed by atoms with Crippen LogP contribution in [-0.4, -0.2) is 43.9 Å². The van der Waals surface area contributed by atoms with Crippen LogP contribution in [0.25, 0.3) is 32.3 Å². The maximum Gasteiger partial charge on any atom is 0.236 e. The molecule has 1 amide bonds. The summed E-state index contributed by atoms with van der Waals surface area (Å²) in [6.45, 7) is 0. The first-order chi connectivity index (χ1) is 14.6. The van der Waals surface area contributed by atoms with E-state index in [0.29, 0.717) is 26.8 Å². The average Bonchev–Trinajstić information content (AvgIpc) is 3.31. The van der Waals surface area contributed by atoms with Crippen molar-refractivity contribution in [3.05, 3.63) is 42.2 Å². The topological polar surface area (TPSA) is 106 Å². The van der Waals surface area contributed by atoms with E-state index >= 15 is 0 Å². The van der Waals surface area contributed by atoms with Crippen LogP contribution in [0.4, 0.5) is 9.52 Å². The Kier molecular flexibility index (Phi) is 4.68. The number of thioether (sulfide) groups is 1. The molecule has 0 bridgehead atoms. The van der Waals surface area contributed by atoms with Crippen molar-refractivity contribution in [3.63, 3.8) is 0 Å². The van der Waals surface area contributed by atoms with Crippen LogP contribution in [0.3, 0.4) is 0 Å². The van der Waals surface area contributed by atoms with Crippen molar-refractivity contribution in [2.75, 3.05) is 18.2 Å². The first-order valence-electron chi connectivity index (χ1n) is 8.78. The lowest BCUT2D eigenvalue weighted by molar-refractivity contribution is -0.113. The van der Waals surface area contributed by atoms with E-state index in [1.165, 1.54) is 23.5 Å². The third-order valence-corrected chi connectivity index (χ3v) is 6.10. The molecule has 0 aliphatic heterocycles. The maximum absolute atomic E-state index is 13.5. The fourth-order valence-corrected chi connectivity index (χ4v) is 4.46. The highest BCUT2D eigenvalue weighted by Gasteiger charge is 2.13. The van der Waals surface area contributed by atoms with Crippen LogP contribution in [0.5, 0.6) is 5.75 Å². The van der Waals surface area contributed by atoms with Gasteiger partial charge in [-0.05, 0) is 36.4 Å². The van der Waals surface area contributed by atoms with Crippen LogP contribution < -0.4 is 10.1 Å². The Morgan fingerprint density at radius 2 is 2.13 bits per heavy atom. The van der Waals surface area contributed by atoms with Crippen molar-refractivity contribution in [1.29, 1.82) is 0 Å². The number of amides is 1. The molecular weight excluding hydrogens is 427 g/mol. The maximum atomic E-state index is 13.5. The van der Waals surface area contributed by atoms with Gasteiger partial charge in [0.2, 0.25) is 11.1 Å². The molecule has 3 heterocycles. The number of hydrogen-bond acceptors (Lipinski definition) is 8. The van der Waals surface area contributed by atoms with Crippen LogP contribution in [0.2, 0.25) is 0 Å². The van der Waals surface area contributed by atoms with Crippen LogP contribution in [0, 0.1) is 5.82 Å². The van der Waals surface area contributed by atoms with Gasteiger partial charge in [-0.3, -0.25) is 4.79 Å². The summed E-state index contributed by atoms with van der Waals surface area (Å²) in [7, 11) is 1.60. The molecule has 0 saturated carbocycles. The van der Waals surface area contributed by atoms with E-state index in [1.54, 1.807) is 13.2 Å². The Hall–Kier alpha value is -3.31. The van der Waals surface area contributed by atoms with Gasteiger partial charge in [-0.1, -0.05) is 23.1 Å². The second-order valence-electron chi connectivity index (χ2n) is 6.30. The van der Waals surface area contributed by atoms with Gasteiger partial charge in [0, 0.05) is 10.9 Å². The van der Waals surface area contributed by atoms with Crippen LogP contribution in [0.15, 0.2) is 41.6 Å². The molecule has 5 aromatic rings. The third kappa shape index (κ3) is 3.53. The fourth-order valence-electron chi connectivity index (χ4n) is 2.96. The molecule has 0 spiro atoms. The van der Waals surface area contributed by atoms with E-state index in [1.807, 2.05) is 18.2 Å². The minimum Gasteiger partial charge on any atom is -0.497 e. The number of thiazole rings is 1. The second-order valence-corrected chi connectivity index (χ2v) is 8.27. The van der Waals surface area contributed by atoms with Gasteiger partial charge in [-0.25, -0.2) is 14.4 Å². The molecule has 0 saturated heterocycles. The highest BCUT2D eigenvalue weighted by molar-refractivity contribution is 7.99. The number of hydrogen-bond donors (Lipinski definition) is 2. The summed E-state index contributed by atoms with van der Waals surface area (Å²) in [4.78, 5) is 24.2. The molecule has 0 aliphatic rings. The number of rotatable bonds is 5. The lowest BCUT2D eigenvalue weighted by atomic mass is 10.2. The van der Waals surface area contributed by atoms with Gasteiger partial charge in [0.1, 0.15) is 17.1 Å². The zero-order valence-corrected chi connectivity index (χ0v) is 17.1. The molecule has 2 N–H and O–H groups in total. The zero-order chi connectivity index (χ0) is 20.7. The lowest BCUT2D eigenvalue weighted by Gasteiger charge is -2.00. The molecule has 150 valence electrons. The van der Waals surface area contributed by atoms with E-state index in [9.17, 15) is 9.18 Å². The Balaban J connectivity index is 1.29. The lowest BCUT2D eigenvalue weighted by Crippen LogP contribution is -2.14. The fraction of sp³-hybridized carbons (Fsp3) is 0.105. The predicted octanol–water partition coefficient (Wildman–Crippen LogP) is 3.99. The third-order valence-electron chi connectivity index (χ3n) is 4.33. The molecule has 0 atom stereocenters. The first-order valence-corrected chi connectivity index (χ1v) is 10.6. The molecule has 0 fully saturated rings. The molecule has 0 aliphatic carbocycles. The number of fused-ring (bicyclic) bond motifs is 4. The number of carbonyl (C=O) groups is 1. The monoisotopic (exact) mass is 440 g/mol. The quantitative estimate of drug-likeness (QED) is 0.398. The molecule has 0 unspecified atom stereocenters. The number of benzene rings is 2. The summed E-state index contributed by atoms with van der Waals surface area (Å²) < 4.78 is 19.6. The van der Waals surface area contributed by atoms with E-state index in [4.69, 9.17) is 4.74 Å². The minimum absolute atomic E-state index is 0.0985. The van der Waals surface area contributed by atoms with Crippen molar-refractivity contribution < 1.29 is 13.9 Å². The van der Waals surface area contributed by atoms with Crippen molar-refractivity contribution in [1.82, 2.24) is 25.1 Å². The van der Waals surface area contributed by atoms with E-state index in [-0.39, 0.29) is 17.5 Å². The molecule has 8 nitrogen and oxygen atoms in total. The van der Waals surface area contributed by atoms with Gasteiger partial charge < -0.3 is 15.0 Å². The predicted molar refractivity (Wildman–Crippen MR) is 115 cm³/mol. The van der Waals surface area contributed by atoms with Gasteiger partial charge in [-0.15, -0.1) is 10.2 Å². The van der Waals surface area contributed by atoms with Crippen molar-refractivity contribution in [3.8, 4) is 5.75 Å². The summed E-state index contributed by atoms with van der Waals surface area (Å²) in [5, 5.41) is 12.4. The highest BCUT2D eigenvalue weighted by Crippen LogP contribution is 2.29. The second kappa shape index (κ2) is 7.50. The van der Waals surface area contributed by atoms with Crippen LogP contribution in [0.1, 0.15) is 0 Å². The number of nitrogens with one attached hydrogen (secondary N) is 2. The Labute approximate surface area is 176 Å². The largest absolute Gasteiger partial charge is 0.497 e. The van der Waals surface area contributed by atoms with E-state index < -0.39 is 0 Å². The number of ether oxygens (including phenoxy) is 1. The highest BCUT2D eigenvalue weighted by atomic mass is 32.2. The molecule has 2 aromatic carbocycles. The van der Waals surface area contributed by atoms with Gasteiger partial charge in [-0.2, -0.15) is 0 Å². The number of aromatic nitrogens is 5. The van der Waals surface area contributed by atoms with Crippen molar-refractivity contribution in [2.45, 2.75) is 5.16 Å². The standard InChI is InChI=1S/C19H13FN6O2S2/c1-28-10-3-5-13-14(7-10)30-18(22-13)23-15(27)8-29-19-24-17-16(25-26-19)11-6-9(20)2-4-12(11)21-17/h2-7H,8H2,1H3,(H,21,24,26)(H,22,23,27). The SMILES string of the molecule is COc1ccc2nc(NC(=O)CSc3nnc4c(n3)[nH]c3ccc(F)cc34)sc2c1. The van der Waals surface area contributed by atoms with Gasteiger partial charge in [0.15, 0.2) is 10.8 Å². The number of halogens is 1.